The van der Waals surface area contributed by atoms with Gasteiger partial charge in [-0.25, -0.2) is 4.98 Å². The van der Waals surface area contributed by atoms with E-state index >= 15 is 0 Å². The predicted molar refractivity (Wildman–Crippen MR) is 86.1 cm³/mol. The van der Waals surface area contributed by atoms with Crippen LogP contribution in [-0.4, -0.2) is 24.1 Å². The molecule has 1 aliphatic heterocycles. The topological polar surface area (TPSA) is 28.2 Å². The summed E-state index contributed by atoms with van der Waals surface area (Å²) in [7, 11) is 0. The molecule has 0 radical (unpaired) electrons. The van der Waals surface area contributed by atoms with Crippen molar-refractivity contribution in [3.8, 4) is 0 Å². The van der Waals surface area contributed by atoms with E-state index in [-0.39, 0.29) is 0 Å². The van der Waals surface area contributed by atoms with Crippen molar-refractivity contribution in [2.75, 3.05) is 18.0 Å². The van der Waals surface area contributed by atoms with Crippen LogP contribution in [0.25, 0.3) is 0 Å². The van der Waals surface area contributed by atoms with Gasteiger partial charge >= 0.3 is 0 Å². The molecule has 0 aromatic carbocycles. The molecule has 20 heavy (non-hydrogen) atoms. The Morgan fingerprint density at radius 2 is 2.10 bits per heavy atom. The molecule has 0 amide bonds. The number of rotatable bonds is 6. The van der Waals surface area contributed by atoms with Crippen LogP contribution >= 0.6 is 0 Å². The second kappa shape index (κ2) is 6.57. The van der Waals surface area contributed by atoms with Gasteiger partial charge in [-0.05, 0) is 42.4 Å². The lowest BCUT2D eigenvalue weighted by molar-refractivity contribution is 0.301. The highest BCUT2D eigenvalue weighted by Gasteiger charge is 2.35. The Bertz CT molecular complexity index is 424. The normalized spacial score (nSPS) is 17.9. The number of aromatic nitrogens is 1. The van der Waals surface area contributed by atoms with Crippen LogP contribution in [0.2, 0.25) is 0 Å². The van der Waals surface area contributed by atoms with Crippen LogP contribution in [0.4, 0.5) is 5.82 Å². The first kappa shape index (κ1) is 15.3. The number of nitrogens with zero attached hydrogens (tertiary/aromatic N) is 2. The molecule has 1 aromatic heterocycles. The third kappa shape index (κ3) is 3.51. The van der Waals surface area contributed by atoms with E-state index < -0.39 is 0 Å². The van der Waals surface area contributed by atoms with Crippen LogP contribution in [0.5, 0.6) is 0 Å². The molecule has 3 heteroatoms. The van der Waals surface area contributed by atoms with Crippen LogP contribution in [0.15, 0.2) is 18.3 Å². The molecule has 0 atom stereocenters. The van der Waals surface area contributed by atoms with Gasteiger partial charge in [-0.2, -0.15) is 0 Å². The van der Waals surface area contributed by atoms with Crippen LogP contribution in [0, 0.1) is 5.41 Å². The molecule has 1 saturated heterocycles. The highest BCUT2D eigenvalue weighted by atomic mass is 15.2. The summed E-state index contributed by atoms with van der Waals surface area (Å²) in [5.41, 5.74) is 1.84. The maximum atomic E-state index is 4.58. The summed E-state index contributed by atoms with van der Waals surface area (Å²) >= 11 is 0. The number of hydrogen-bond donors (Lipinski definition) is 1. The average Bonchev–Trinajstić information content (AvgIpc) is 2.91. The zero-order chi connectivity index (χ0) is 14.6. The fourth-order valence-electron chi connectivity index (χ4n) is 3.02. The molecule has 1 fully saturated rings. The largest absolute Gasteiger partial charge is 0.356 e. The Morgan fingerprint density at radius 1 is 1.35 bits per heavy atom. The van der Waals surface area contributed by atoms with E-state index in [0.29, 0.717) is 11.5 Å². The van der Waals surface area contributed by atoms with Crippen molar-refractivity contribution in [1.29, 1.82) is 0 Å². The Labute approximate surface area is 123 Å². The van der Waals surface area contributed by atoms with Crippen molar-refractivity contribution in [2.24, 2.45) is 5.41 Å². The summed E-state index contributed by atoms with van der Waals surface area (Å²) in [6.45, 7) is 12.2. The summed E-state index contributed by atoms with van der Waals surface area (Å²) in [5, 5.41) is 3.47. The molecule has 2 rings (SSSR count). The standard InChI is InChI=1S/C17H29N3/c1-5-17(6-2)8-10-20(13-17)16-11-15(7-9-18-16)12-19-14(3)4/h7,9,11,14,19H,5-6,8,10,12-13H2,1-4H3. The second-order valence-corrected chi connectivity index (χ2v) is 6.44. The van der Waals surface area contributed by atoms with Crippen LogP contribution in [0.1, 0.15) is 52.5 Å². The zero-order valence-corrected chi connectivity index (χ0v) is 13.4. The summed E-state index contributed by atoms with van der Waals surface area (Å²) in [4.78, 5) is 7.04. The molecule has 2 heterocycles. The van der Waals surface area contributed by atoms with Gasteiger partial charge in [0, 0.05) is 31.9 Å². The molecule has 3 nitrogen and oxygen atoms in total. The minimum absolute atomic E-state index is 0.508. The summed E-state index contributed by atoms with van der Waals surface area (Å²) in [6.07, 6.45) is 5.80. The Kier molecular flexibility index (Phi) is 5.03. The van der Waals surface area contributed by atoms with E-state index in [1.807, 2.05) is 6.20 Å². The quantitative estimate of drug-likeness (QED) is 0.860. The third-order valence-corrected chi connectivity index (χ3v) is 4.79. The number of anilines is 1. The lowest BCUT2D eigenvalue weighted by Crippen LogP contribution is -2.27. The van der Waals surface area contributed by atoms with Crippen LogP contribution in [0.3, 0.4) is 0 Å². The first-order valence-corrected chi connectivity index (χ1v) is 8.02. The molecule has 0 bridgehead atoms. The smallest absolute Gasteiger partial charge is 0.128 e. The summed E-state index contributed by atoms with van der Waals surface area (Å²) in [6, 6.07) is 4.88. The van der Waals surface area contributed by atoms with Crippen LogP contribution in [-0.2, 0) is 6.54 Å². The first-order valence-electron chi connectivity index (χ1n) is 8.02. The van der Waals surface area contributed by atoms with Crippen LogP contribution < -0.4 is 10.2 Å². The Hall–Kier alpha value is -1.09. The number of pyridine rings is 1. The van der Waals surface area contributed by atoms with E-state index in [1.54, 1.807) is 0 Å². The van der Waals surface area contributed by atoms with Gasteiger partial charge in [-0.1, -0.05) is 27.7 Å². The molecule has 0 aliphatic carbocycles. The van der Waals surface area contributed by atoms with Crippen molar-refractivity contribution in [2.45, 2.75) is 59.5 Å². The van der Waals surface area contributed by atoms with E-state index in [9.17, 15) is 0 Å². The molecular weight excluding hydrogens is 246 g/mol. The van der Waals surface area contributed by atoms with E-state index in [4.69, 9.17) is 0 Å². The highest BCUT2D eigenvalue weighted by molar-refractivity contribution is 5.42. The average molecular weight is 275 g/mol. The molecule has 1 N–H and O–H groups in total. The fraction of sp³-hybridized carbons (Fsp3) is 0.706. The SMILES string of the molecule is CCC1(CC)CCN(c2cc(CNC(C)C)ccn2)C1. The van der Waals surface area contributed by atoms with E-state index in [0.717, 1.165) is 25.5 Å². The predicted octanol–water partition coefficient (Wildman–Crippen LogP) is 3.60. The van der Waals surface area contributed by atoms with Crippen molar-refractivity contribution in [1.82, 2.24) is 10.3 Å². The van der Waals surface area contributed by atoms with Gasteiger partial charge in [0.1, 0.15) is 5.82 Å². The number of nitrogens with one attached hydrogen (secondary N) is 1. The minimum Gasteiger partial charge on any atom is -0.356 e. The Balaban J connectivity index is 2.05. The van der Waals surface area contributed by atoms with Gasteiger partial charge in [0.15, 0.2) is 0 Å². The maximum Gasteiger partial charge on any atom is 0.128 e. The number of hydrogen-bond acceptors (Lipinski definition) is 3. The monoisotopic (exact) mass is 275 g/mol. The van der Waals surface area contributed by atoms with Gasteiger partial charge in [0.05, 0.1) is 0 Å². The summed E-state index contributed by atoms with van der Waals surface area (Å²) in [5.74, 6) is 1.15. The fourth-order valence-corrected chi connectivity index (χ4v) is 3.02. The zero-order valence-electron chi connectivity index (χ0n) is 13.4. The van der Waals surface area contributed by atoms with Gasteiger partial charge in [0.2, 0.25) is 0 Å². The molecule has 0 unspecified atom stereocenters. The van der Waals surface area contributed by atoms with E-state index in [1.165, 1.54) is 24.8 Å². The minimum atomic E-state index is 0.508. The van der Waals surface area contributed by atoms with Crippen molar-refractivity contribution < 1.29 is 0 Å². The van der Waals surface area contributed by atoms with Crippen molar-refractivity contribution in [3.63, 3.8) is 0 Å². The van der Waals surface area contributed by atoms with Gasteiger partial charge in [-0.3, -0.25) is 0 Å². The van der Waals surface area contributed by atoms with Gasteiger partial charge in [-0.15, -0.1) is 0 Å². The molecule has 112 valence electrons. The van der Waals surface area contributed by atoms with Crippen molar-refractivity contribution in [3.05, 3.63) is 23.9 Å². The third-order valence-electron chi connectivity index (χ3n) is 4.79. The summed E-state index contributed by atoms with van der Waals surface area (Å²) < 4.78 is 0. The molecule has 1 aromatic rings. The lowest BCUT2D eigenvalue weighted by Gasteiger charge is -2.26. The Morgan fingerprint density at radius 3 is 2.70 bits per heavy atom. The highest BCUT2D eigenvalue weighted by Crippen LogP contribution is 2.38. The van der Waals surface area contributed by atoms with Gasteiger partial charge < -0.3 is 10.2 Å². The first-order chi connectivity index (χ1) is 9.58. The second-order valence-electron chi connectivity index (χ2n) is 6.44. The maximum absolute atomic E-state index is 4.58. The van der Waals surface area contributed by atoms with E-state index in [2.05, 4.69) is 55.0 Å². The molecule has 0 saturated carbocycles. The molecule has 0 spiro atoms. The lowest BCUT2D eigenvalue weighted by atomic mass is 9.82. The molecular formula is C17H29N3. The molecule has 1 aliphatic rings. The van der Waals surface area contributed by atoms with Gasteiger partial charge in [0.25, 0.3) is 0 Å². The van der Waals surface area contributed by atoms with Crippen molar-refractivity contribution >= 4 is 5.82 Å².